The number of sulfone groups is 1. The molecule has 1 heterocycles. The lowest BCUT2D eigenvalue weighted by Crippen LogP contribution is -2.46. The zero-order chi connectivity index (χ0) is 24.7. The molecular formula is C26H35NO6S. The Balaban J connectivity index is 1.55. The molecule has 0 N–H and O–H groups in total. The first-order valence-corrected chi connectivity index (χ1v) is 13.7. The predicted molar refractivity (Wildman–Crippen MR) is 127 cm³/mol. The van der Waals surface area contributed by atoms with Crippen molar-refractivity contribution in [3.8, 4) is 0 Å². The summed E-state index contributed by atoms with van der Waals surface area (Å²) in [6, 6.07) is 8.12. The molecule has 186 valence electrons. The molecule has 2 saturated carbocycles. The van der Waals surface area contributed by atoms with Gasteiger partial charge in [0.15, 0.2) is 9.84 Å². The Morgan fingerprint density at radius 3 is 2.53 bits per heavy atom. The largest absolute Gasteiger partial charge is 0.467 e. The van der Waals surface area contributed by atoms with E-state index in [1.54, 1.807) is 37.3 Å². The summed E-state index contributed by atoms with van der Waals surface area (Å²) in [5.41, 5.74) is -0.235. The van der Waals surface area contributed by atoms with Crippen LogP contribution in [0.5, 0.6) is 0 Å². The third kappa shape index (κ3) is 4.14. The highest BCUT2D eigenvalue weighted by Crippen LogP contribution is 2.67. The average Bonchev–Trinajstić information content (AvgIpc) is 3.43. The lowest BCUT2D eigenvalue weighted by molar-refractivity contribution is -0.151. The number of carbonyl (C=O) groups is 2. The van der Waals surface area contributed by atoms with E-state index in [9.17, 15) is 18.0 Å². The van der Waals surface area contributed by atoms with Crippen molar-refractivity contribution in [2.75, 3.05) is 19.4 Å². The van der Waals surface area contributed by atoms with Gasteiger partial charge in [-0.1, -0.05) is 32.0 Å². The lowest BCUT2D eigenvalue weighted by atomic mass is 9.69. The van der Waals surface area contributed by atoms with Crippen LogP contribution >= 0.6 is 0 Å². The zero-order valence-electron chi connectivity index (χ0n) is 20.5. The number of hydrogen-bond acceptors (Lipinski definition) is 7. The molecule has 8 heteroatoms. The summed E-state index contributed by atoms with van der Waals surface area (Å²) >= 11 is 0. The SMILES string of the molecule is COC(=O)[C@H]1CCCN1/C(C)=C\C(=O)O[C@H]1C[C@@H]2CC[C@@]1(CS(=O)(=O)c1ccccc1)C2(C)C. The van der Waals surface area contributed by atoms with Crippen LogP contribution in [0.3, 0.4) is 0 Å². The molecule has 7 nitrogen and oxygen atoms in total. The lowest BCUT2D eigenvalue weighted by Gasteiger charge is -2.41. The molecule has 4 atom stereocenters. The van der Waals surface area contributed by atoms with Gasteiger partial charge in [0, 0.05) is 23.7 Å². The normalized spacial score (nSPS) is 30.4. The van der Waals surface area contributed by atoms with Crippen LogP contribution in [0.15, 0.2) is 47.0 Å². The maximum atomic E-state index is 13.4. The summed E-state index contributed by atoms with van der Waals surface area (Å²) in [5, 5.41) is 0. The molecule has 0 unspecified atom stereocenters. The Kier molecular flexibility index (Phi) is 6.57. The Morgan fingerprint density at radius 1 is 1.18 bits per heavy atom. The number of hydrogen-bond donors (Lipinski definition) is 0. The number of benzene rings is 1. The molecule has 0 aromatic heterocycles. The Morgan fingerprint density at radius 2 is 1.88 bits per heavy atom. The third-order valence-corrected chi connectivity index (χ3v) is 10.6. The van der Waals surface area contributed by atoms with E-state index in [1.807, 2.05) is 4.90 Å². The molecular weight excluding hydrogens is 454 g/mol. The van der Waals surface area contributed by atoms with E-state index >= 15 is 0 Å². The minimum absolute atomic E-state index is 0.0370. The number of methoxy groups -OCH3 is 1. The van der Waals surface area contributed by atoms with Gasteiger partial charge in [-0.25, -0.2) is 18.0 Å². The molecule has 1 aliphatic heterocycles. The van der Waals surface area contributed by atoms with E-state index in [0.717, 1.165) is 12.8 Å². The number of carbonyl (C=O) groups excluding carboxylic acids is 2. The van der Waals surface area contributed by atoms with Crippen molar-refractivity contribution in [3.05, 3.63) is 42.1 Å². The topological polar surface area (TPSA) is 90.0 Å². The van der Waals surface area contributed by atoms with E-state index in [2.05, 4.69) is 13.8 Å². The van der Waals surface area contributed by atoms with Gasteiger partial charge < -0.3 is 14.4 Å². The number of likely N-dealkylation sites (tertiary alicyclic amines) is 1. The van der Waals surface area contributed by atoms with Gasteiger partial charge in [-0.05, 0) is 62.5 Å². The van der Waals surface area contributed by atoms with Crippen LogP contribution in [0.4, 0.5) is 0 Å². The van der Waals surface area contributed by atoms with E-state index in [0.29, 0.717) is 42.3 Å². The van der Waals surface area contributed by atoms with Crippen molar-refractivity contribution in [2.24, 2.45) is 16.7 Å². The van der Waals surface area contributed by atoms with Crippen LogP contribution in [-0.4, -0.2) is 56.8 Å². The van der Waals surface area contributed by atoms with Crippen molar-refractivity contribution >= 4 is 21.8 Å². The number of ether oxygens (including phenoxy) is 2. The summed E-state index contributed by atoms with van der Waals surface area (Å²) in [5.74, 6) is -0.523. The standard InChI is InChI=1S/C26H35NO6S/c1-18(27-14-8-11-21(27)24(29)32-4)15-23(28)33-22-16-19-12-13-26(22,25(19,2)3)17-34(30,31)20-9-6-5-7-10-20/h5-7,9-10,15,19,21-22H,8,11-14,16-17H2,1-4H3/b18-15-/t19-,21+,22-,26-/m0/s1. The molecule has 3 fully saturated rings. The fraction of sp³-hybridized carbons (Fsp3) is 0.615. The van der Waals surface area contributed by atoms with Gasteiger partial charge in [0.05, 0.1) is 17.8 Å². The van der Waals surface area contributed by atoms with Gasteiger partial charge in [-0.15, -0.1) is 0 Å². The molecule has 2 bridgehead atoms. The number of nitrogens with zero attached hydrogens (tertiary/aromatic N) is 1. The Hall–Kier alpha value is -2.35. The molecule has 3 aliphatic rings. The number of allylic oxidation sites excluding steroid dienone is 1. The highest BCUT2D eigenvalue weighted by Gasteiger charge is 2.66. The van der Waals surface area contributed by atoms with Gasteiger partial charge in [0.2, 0.25) is 0 Å². The first-order chi connectivity index (χ1) is 16.0. The fourth-order valence-corrected chi connectivity index (χ4v) is 8.67. The Bertz CT molecular complexity index is 1080. The molecule has 0 amide bonds. The van der Waals surface area contributed by atoms with Crippen molar-refractivity contribution in [3.63, 3.8) is 0 Å². The van der Waals surface area contributed by atoms with Crippen molar-refractivity contribution in [1.82, 2.24) is 4.90 Å². The van der Waals surface area contributed by atoms with Crippen LogP contribution < -0.4 is 0 Å². The van der Waals surface area contributed by atoms with Crippen molar-refractivity contribution < 1.29 is 27.5 Å². The third-order valence-electron chi connectivity index (χ3n) is 8.67. The Labute approximate surface area is 202 Å². The van der Waals surface area contributed by atoms with Gasteiger partial charge in [0.1, 0.15) is 12.1 Å². The highest BCUT2D eigenvalue weighted by molar-refractivity contribution is 7.91. The summed E-state index contributed by atoms with van der Waals surface area (Å²) < 4.78 is 37.6. The first-order valence-electron chi connectivity index (χ1n) is 12.0. The average molecular weight is 490 g/mol. The summed E-state index contributed by atoms with van der Waals surface area (Å²) in [6.45, 7) is 6.70. The molecule has 1 aromatic rings. The van der Waals surface area contributed by atoms with E-state index in [-0.39, 0.29) is 17.1 Å². The van der Waals surface area contributed by atoms with Gasteiger partial charge >= 0.3 is 11.9 Å². The predicted octanol–water partition coefficient (Wildman–Crippen LogP) is 3.74. The second kappa shape index (κ2) is 9.02. The minimum atomic E-state index is -3.55. The highest BCUT2D eigenvalue weighted by atomic mass is 32.2. The van der Waals surface area contributed by atoms with Gasteiger partial charge in [0.25, 0.3) is 0 Å². The maximum Gasteiger partial charge on any atom is 0.332 e. The molecule has 1 saturated heterocycles. The fourth-order valence-electron chi connectivity index (χ4n) is 6.55. The smallest absolute Gasteiger partial charge is 0.332 e. The maximum absolute atomic E-state index is 13.4. The molecule has 0 spiro atoms. The minimum Gasteiger partial charge on any atom is -0.467 e. The quantitative estimate of drug-likeness (QED) is 0.426. The molecule has 1 aromatic carbocycles. The summed E-state index contributed by atoms with van der Waals surface area (Å²) in [4.78, 5) is 27.3. The van der Waals surface area contributed by atoms with Gasteiger partial charge in [-0.3, -0.25) is 0 Å². The van der Waals surface area contributed by atoms with Crippen molar-refractivity contribution in [2.45, 2.75) is 69.9 Å². The van der Waals surface area contributed by atoms with Crippen LogP contribution in [0.25, 0.3) is 0 Å². The van der Waals surface area contributed by atoms with Crippen molar-refractivity contribution in [1.29, 1.82) is 0 Å². The van der Waals surface area contributed by atoms with Crippen LogP contribution in [0, 0.1) is 16.7 Å². The van der Waals surface area contributed by atoms with Crippen LogP contribution in [-0.2, 0) is 28.9 Å². The molecule has 2 aliphatic carbocycles. The number of rotatable bonds is 7. The summed E-state index contributed by atoms with van der Waals surface area (Å²) in [6.07, 6.45) is 4.82. The van der Waals surface area contributed by atoms with Crippen LogP contribution in [0.1, 0.15) is 52.9 Å². The second-order valence-corrected chi connectivity index (χ2v) is 12.5. The molecule has 0 radical (unpaired) electrons. The second-order valence-electron chi connectivity index (χ2n) is 10.5. The summed E-state index contributed by atoms with van der Waals surface area (Å²) in [7, 11) is -2.18. The van der Waals surface area contributed by atoms with E-state index in [1.165, 1.54) is 13.2 Å². The molecule has 4 rings (SSSR count). The zero-order valence-corrected chi connectivity index (χ0v) is 21.3. The van der Waals surface area contributed by atoms with Crippen LogP contribution in [0.2, 0.25) is 0 Å². The number of esters is 2. The first kappa shape index (κ1) is 24.8. The van der Waals surface area contributed by atoms with Gasteiger partial charge in [-0.2, -0.15) is 0 Å². The van der Waals surface area contributed by atoms with E-state index in [4.69, 9.17) is 9.47 Å². The monoisotopic (exact) mass is 489 g/mol. The molecule has 34 heavy (non-hydrogen) atoms. The number of fused-ring (bicyclic) bond motifs is 2. The van der Waals surface area contributed by atoms with E-state index < -0.39 is 33.4 Å².